The first kappa shape index (κ1) is 8.98. The van der Waals surface area contributed by atoms with Crippen molar-refractivity contribution < 1.29 is 4.79 Å². The van der Waals surface area contributed by atoms with Crippen molar-refractivity contribution >= 4 is 5.94 Å². The van der Waals surface area contributed by atoms with Gasteiger partial charge in [-0.3, -0.25) is 0 Å². The van der Waals surface area contributed by atoms with Crippen LogP contribution in [0, 0.1) is 11.8 Å². The number of piperidine rings is 1. The first-order valence-corrected chi connectivity index (χ1v) is 5.36. The zero-order valence-corrected chi connectivity index (χ0v) is 8.01. The molecule has 2 rings (SSSR count). The molecule has 1 aliphatic heterocycles. The Bertz CT molecular complexity index is 224. The van der Waals surface area contributed by atoms with Crippen LogP contribution in [0.1, 0.15) is 32.1 Å². The largest absolute Gasteiger partial charge is 0.317 e. The molecule has 0 spiro atoms. The molecule has 0 aromatic carbocycles. The third kappa shape index (κ3) is 1.84. The first-order valence-electron chi connectivity index (χ1n) is 5.36. The fourth-order valence-electron chi connectivity index (χ4n) is 2.77. The van der Waals surface area contributed by atoms with E-state index in [9.17, 15) is 4.79 Å². The lowest BCUT2D eigenvalue weighted by molar-refractivity contribution is 0.293. The minimum Gasteiger partial charge on any atom is -0.317 e. The van der Waals surface area contributed by atoms with Crippen LogP contribution in [0.2, 0.25) is 0 Å². The number of hydrogen-bond donors (Lipinski definition) is 1. The summed E-state index contributed by atoms with van der Waals surface area (Å²) in [7, 11) is 0. The minimum atomic E-state index is 0.583. The minimum absolute atomic E-state index is 0.583. The van der Waals surface area contributed by atoms with Gasteiger partial charge >= 0.3 is 0 Å². The molecule has 72 valence electrons. The van der Waals surface area contributed by atoms with E-state index in [-0.39, 0.29) is 0 Å². The quantitative estimate of drug-likeness (QED) is 0.619. The van der Waals surface area contributed by atoms with E-state index in [4.69, 9.17) is 0 Å². The molecule has 1 unspecified atom stereocenters. The average molecular weight is 179 g/mol. The van der Waals surface area contributed by atoms with Crippen molar-refractivity contribution in [2.24, 2.45) is 11.8 Å². The van der Waals surface area contributed by atoms with E-state index in [1.54, 1.807) is 0 Å². The fraction of sp³-hybridized carbons (Fsp3) is 0.818. The number of nitrogens with one attached hydrogen (secondary N) is 1. The standard InChI is InChI=1S/C11H17NO/c13-8-10-2-1-3-11(10)9-4-6-12-7-5-9/h9,11-12H,1-7H2. The third-order valence-corrected chi connectivity index (χ3v) is 3.49. The van der Waals surface area contributed by atoms with Crippen molar-refractivity contribution in [3.05, 3.63) is 5.57 Å². The summed E-state index contributed by atoms with van der Waals surface area (Å²) in [6.07, 6.45) is 5.94. The summed E-state index contributed by atoms with van der Waals surface area (Å²) in [4.78, 5) is 10.7. The molecule has 1 aliphatic carbocycles. The molecule has 0 bridgehead atoms. The monoisotopic (exact) mass is 179 g/mol. The van der Waals surface area contributed by atoms with Crippen LogP contribution >= 0.6 is 0 Å². The van der Waals surface area contributed by atoms with Crippen molar-refractivity contribution in [1.82, 2.24) is 5.32 Å². The van der Waals surface area contributed by atoms with Gasteiger partial charge in [-0.25, -0.2) is 4.79 Å². The van der Waals surface area contributed by atoms with Gasteiger partial charge in [0.1, 0.15) is 5.94 Å². The molecule has 2 nitrogen and oxygen atoms in total. The second-order valence-electron chi connectivity index (χ2n) is 4.21. The molecular weight excluding hydrogens is 162 g/mol. The molecular formula is C11H17NO. The Balaban J connectivity index is 2.02. The molecule has 0 amide bonds. The highest BCUT2D eigenvalue weighted by Gasteiger charge is 2.30. The molecule has 1 saturated carbocycles. The van der Waals surface area contributed by atoms with Crippen molar-refractivity contribution in [1.29, 1.82) is 0 Å². The van der Waals surface area contributed by atoms with Gasteiger partial charge in [0, 0.05) is 5.57 Å². The third-order valence-electron chi connectivity index (χ3n) is 3.49. The van der Waals surface area contributed by atoms with Crippen LogP contribution in [-0.4, -0.2) is 19.0 Å². The lowest BCUT2D eigenvalue weighted by Gasteiger charge is -2.27. The summed E-state index contributed by atoms with van der Waals surface area (Å²) < 4.78 is 0. The predicted octanol–water partition coefficient (Wildman–Crippen LogP) is 1.54. The van der Waals surface area contributed by atoms with Crippen LogP contribution in [0.5, 0.6) is 0 Å². The molecule has 1 saturated heterocycles. The van der Waals surface area contributed by atoms with Crippen LogP contribution in [-0.2, 0) is 4.79 Å². The molecule has 2 fully saturated rings. The van der Waals surface area contributed by atoms with Crippen LogP contribution in [0.25, 0.3) is 0 Å². The molecule has 1 N–H and O–H groups in total. The van der Waals surface area contributed by atoms with Crippen molar-refractivity contribution in [2.45, 2.75) is 32.1 Å². The highest BCUT2D eigenvalue weighted by Crippen LogP contribution is 2.38. The van der Waals surface area contributed by atoms with Crippen molar-refractivity contribution in [3.8, 4) is 0 Å². The Hall–Kier alpha value is -0.590. The van der Waals surface area contributed by atoms with Crippen LogP contribution in [0.15, 0.2) is 5.57 Å². The summed E-state index contributed by atoms with van der Waals surface area (Å²) in [5, 5.41) is 3.36. The molecule has 2 aliphatic rings. The zero-order chi connectivity index (χ0) is 9.10. The van der Waals surface area contributed by atoms with Gasteiger partial charge in [-0.1, -0.05) is 0 Å². The molecule has 13 heavy (non-hydrogen) atoms. The molecule has 1 heterocycles. The number of allylic oxidation sites excluding steroid dienone is 1. The second kappa shape index (κ2) is 4.08. The van der Waals surface area contributed by atoms with E-state index in [2.05, 4.69) is 11.3 Å². The Kier molecular flexibility index (Phi) is 2.82. The second-order valence-corrected chi connectivity index (χ2v) is 4.21. The van der Waals surface area contributed by atoms with Crippen LogP contribution in [0.3, 0.4) is 0 Å². The lowest BCUT2D eigenvalue weighted by Crippen LogP contribution is -2.31. The van der Waals surface area contributed by atoms with Gasteiger partial charge in [0.05, 0.1) is 0 Å². The Morgan fingerprint density at radius 3 is 2.69 bits per heavy atom. The number of hydrogen-bond acceptors (Lipinski definition) is 2. The Morgan fingerprint density at radius 2 is 2.00 bits per heavy atom. The highest BCUT2D eigenvalue weighted by atomic mass is 16.1. The van der Waals surface area contributed by atoms with Gasteiger partial charge in [0.2, 0.25) is 0 Å². The fourth-order valence-corrected chi connectivity index (χ4v) is 2.77. The van der Waals surface area contributed by atoms with E-state index in [0.29, 0.717) is 5.92 Å². The van der Waals surface area contributed by atoms with Gasteiger partial charge in [0.15, 0.2) is 0 Å². The summed E-state index contributed by atoms with van der Waals surface area (Å²) >= 11 is 0. The van der Waals surface area contributed by atoms with E-state index >= 15 is 0 Å². The maximum atomic E-state index is 10.7. The van der Waals surface area contributed by atoms with Gasteiger partial charge in [-0.05, 0) is 57.0 Å². The van der Waals surface area contributed by atoms with Crippen molar-refractivity contribution in [2.75, 3.05) is 13.1 Å². The van der Waals surface area contributed by atoms with Gasteiger partial charge < -0.3 is 5.32 Å². The predicted molar refractivity (Wildman–Crippen MR) is 52.1 cm³/mol. The highest BCUT2D eigenvalue weighted by molar-refractivity contribution is 5.54. The average Bonchev–Trinajstić information content (AvgIpc) is 2.67. The maximum Gasteiger partial charge on any atom is 0.123 e. The van der Waals surface area contributed by atoms with E-state index < -0.39 is 0 Å². The normalized spacial score (nSPS) is 30.5. The zero-order valence-electron chi connectivity index (χ0n) is 8.01. The van der Waals surface area contributed by atoms with Gasteiger partial charge in [-0.2, -0.15) is 0 Å². The van der Waals surface area contributed by atoms with Gasteiger partial charge in [-0.15, -0.1) is 0 Å². The van der Waals surface area contributed by atoms with E-state index in [1.807, 2.05) is 0 Å². The summed E-state index contributed by atoms with van der Waals surface area (Å²) in [5.74, 6) is 3.50. The van der Waals surface area contributed by atoms with Crippen molar-refractivity contribution in [3.63, 3.8) is 0 Å². The summed E-state index contributed by atoms with van der Waals surface area (Å²) in [5.41, 5.74) is 1.08. The first-order chi connectivity index (χ1) is 6.42. The molecule has 0 radical (unpaired) electrons. The summed E-state index contributed by atoms with van der Waals surface area (Å²) in [6.45, 7) is 2.26. The van der Waals surface area contributed by atoms with E-state index in [0.717, 1.165) is 31.0 Å². The maximum absolute atomic E-state index is 10.7. The number of rotatable bonds is 1. The smallest absolute Gasteiger partial charge is 0.123 e. The van der Waals surface area contributed by atoms with E-state index in [1.165, 1.54) is 25.7 Å². The molecule has 0 aromatic rings. The van der Waals surface area contributed by atoms with Crippen LogP contribution < -0.4 is 5.32 Å². The Labute approximate surface area is 79.4 Å². The summed E-state index contributed by atoms with van der Waals surface area (Å²) in [6, 6.07) is 0. The molecule has 2 heteroatoms. The topological polar surface area (TPSA) is 29.1 Å². The number of carbonyl (C=O) groups excluding carboxylic acids is 1. The molecule has 1 atom stereocenters. The molecule has 0 aromatic heterocycles. The SMILES string of the molecule is O=C=C1CCCC1C1CCNCC1. The Morgan fingerprint density at radius 1 is 1.23 bits per heavy atom. The van der Waals surface area contributed by atoms with Gasteiger partial charge in [0.25, 0.3) is 0 Å². The lowest BCUT2D eigenvalue weighted by atomic mass is 9.82. The van der Waals surface area contributed by atoms with Crippen LogP contribution in [0.4, 0.5) is 0 Å².